The van der Waals surface area contributed by atoms with E-state index in [4.69, 9.17) is 10.5 Å². The minimum Gasteiger partial charge on any atom is -0.457 e. The van der Waals surface area contributed by atoms with Crippen LogP contribution in [0.2, 0.25) is 0 Å². The summed E-state index contributed by atoms with van der Waals surface area (Å²) in [5.74, 6) is 1.14. The molecule has 6 rings (SSSR count). The number of nitrogens with zero attached hydrogens (tertiary/aromatic N) is 6. The number of hydrogen-bond acceptors (Lipinski definition) is 8. The first-order chi connectivity index (χ1) is 19.7. The molecule has 2 aliphatic rings. The Bertz CT molecular complexity index is 1740. The fourth-order valence-electron chi connectivity index (χ4n) is 5.18. The second kappa shape index (κ2) is 10.2. The molecule has 1 aliphatic heterocycles. The Morgan fingerprint density at radius 2 is 1.78 bits per heavy atom. The van der Waals surface area contributed by atoms with Gasteiger partial charge in [0.15, 0.2) is 11.5 Å². The number of benzene rings is 2. The molecular formula is C30H30N8O3. The molecule has 11 nitrogen and oxygen atoms in total. The maximum atomic E-state index is 13.8. The zero-order valence-electron chi connectivity index (χ0n) is 22.8. The lowest BCUT2D eigenvalue weighted by atomic mass is 9.99. The zero-order chi connectivity index (χ0) is 28.7. The number of imidazole rings is 1. The van der Waals surface area contributed by atoms with Gasteiger partial charge in [-0.3, -0.25) is 13.9 Å². The predicted molar refractivity (Wildman–Crippen MR) is 154 cm³/mol. The number of carbonyl (C=O) groups excluding carboxylic acids is 1. The highest BCUT2D eigenvalue weighted by Crippen LogP contribution is 2.30. The second-order valence-electron chi connectivity index (χ2n) is 11.0. The number of likely N-dealkylation sites (tertiary alicyclic amines) is 1. The summed E-state index contributed by atoms with van der Waals surface area (Å²) in [7, 11) is 0. The third kappa shape index (κ3) is 5.17. The predicted octanol–water partition coefficient (Wildman–Crippen LogP) is 3.32. The van der Waals surface area contributed by atoms with Gasteiger partial charge in [0.25, 0.3) is 5.91 Å². The number of aromatic nitrogens is 4. The van der Waals surface area contributed by atoms with Crippen LogP contribution < -0.4 is 21.5 Å². The quantitative estimate of drug-likeness (QED) is 0.251. The molecule has 0 unspecified atom stereocenters. The number of anilines is 1. The lowest BCUT2D eigenvalue weighted by Crippen LogP contribution is -2.53. The molecule has 1 amide bonds. The van der Waals surface area contributed by atoms with Crippen molar-refractivity contribution in [1.29, 1.82) is 5.26 Å². The number of amides is 1. The summed E-state index contributed by atoms with van der Waals surface area (Å²) < 4.78 is 8.92. The van der Waals surface area contributed by atoms with Crippen LogP contribution in [0.1, 0.15) is 32.7 Å². The van der Waals surface area contributed by atoms with E-state index < -0.39 is 5.54 Å². The maximum absolute atomic E-state index is 13.8. The van der Waals surface area contributed by atoms with Crippen molar-refractivity contribution in [1.82, 2.24) is 29.3 Å². The van der Waals surface area contributed by atoms with Gasteiger partial charge in [-0.1, -0.05) is 18.2 Å². The summed E-state index contributed by atoms with van der Waals surface area (Å²) in [6.45, 7) is 4.43. The molecule has 0 atom stereocenters. The van der Waals surface area contributed by atoms with Crippen LogP contribution in [-0.2, 0) is 4.79 Å². The number of nitriles is 1. The van der Waals surface area contributed by atoms with Gasteiger partial charge in [-0.2, -0.15) is 5.26 Å². The first-order valence-electron chi connectivity index (χ1n) is 13.5. The Balaban J connectivity index is 1.26. The third-order valence-electron chi connectivity index (χ3n) is 7.28. The topological polar surface area (TPSA) is 144 Å². The first-order valence-corrected chi connectivity index (χ1v) is 13.5. The van der Waals surface area contributed by atoms with Gasteiger partial charge in [0.1, 0.15) is 35.0 Å². The number of fused-ring (bicyclic) bond motifs is 1. The fraction of sp³-hybridized carbons (Fsp3) is 0.300. The summed E-state index contributed by atoms with van der Waals surface area (Å²) in [4.78, 5) is 37.0. The molecule has 0 spiro atoms. The molecule has 11 heteroatoms. The van der Waals surface area contributed by atoms with Gasteiger partial charge in [0, 0.05) is 24.7 Å². The number of ether oxygens (including phenoxy) is 1. The average molecular weight is 551 g/mol. The normalized spacial score (nSPS) is 15.9. The number of nitrogens with two attached hydrogens (primary N) is 1. The Morgan fingerprint density at radius 1 is 1.10 bits per heavy atom. The Kier molecular flexibility index (Phi) is 6.55. The molecule has 1 saturated carbocycles. The maximum Gasteiger partial charge on any atom is 0.335 e. The largest absolute Gasteiger partial charge is 0.457 e. The summed E-state index contributed by atoms with van der Waals surface area (Å²) in [5.41, 5.74) is 6.85. The lowest BCUT2D eigenvalue weighted by molar-refractivity contribution is -0.132. The number of nitrogen functional groups attached to an aromatic ring is 1. The highest BCUT2D eigenvalue weighted by atomic mass is 16.5. The first kappa shape index (κ1) is 26.3. The van der Waals surface area contributed by atoms with Gasteiger partial charge in [-0.15, -0.1) is 0 Å². The van der Waals surface area contributed by atoms with Crippen molar-refractivity contribution in [2.75, 3.05) is 18.8 Å². The van der Waals surface area contributed by atoms with Crippen LogP contribution in [0, 0.1) is 11.3 Å². The summed E-state index contributed by atoms with van der Waals surface area (Å²) in [5, 5.41) is 13.2. The number of nitrogens with one attached hydrogen (secondary N) is 1. The zero-order valence-corrected chi connectivity index (χ0v) is 22.8. The molecule has 2 fully saturated rings. The molecule has 2 aromatic carbocycles. The van der Waals surface area contributed by atoms with Crippen molar-refractivity contribution < 1.29 is 9.53 Å². The molecule has 0 radical (unpaired) electrons. The van der Waals surface area contributed by atoms with Gasteiger partial charge in [0.05, 0.1) is 11.7 Å². The van der Waals surface area contributed by atoms with E-state index >= 15 is 0 Å². The molecule has 208 valence electrons. The van der Waals surface area contributed by atoms with E-state index in [1.54, 1.807) is 39.8 Å². The lowest BCUT2D eigenvalue weighted by Gasteiger charge is -2.39. The van der Waals surface area contributed by atoms with Crippen LogP contribution in [0.4, 0.5) is 5.82 Å². The van der Waals surface area contributed by atoms with E-state index in [-0.39, 0.29) is 42.1 Å². The van der Waals surface area contributed by atoms with Gasteiger partial charge in [-0.05, 0) is 69.2 Å². The number of para-hydroxylation sites is 1. The van der Waals surface area contributed by atoms with E-state index in [0.717, 1.165) is 12.8 Å². The highest BCUT2D eigenvalue weighted by Gasteiger charge is 2.38. The van der Waals surface area contributed by atoms with Gasteiger partial charge in [0.2, 0.25) is 0 Å². The Morgan fingerprint density at radius 3 is 2.44 bits per heavy atom. The molecule has 3 N–H and O–H groups in total. The van der Waals surface area contributed by atoms with Gasteiger partial charge in [-0.25, -0.2) is 14.8 Å². The molecule has 3 heterocycles. The van der Waals surface area contributed by atoms with Crippen LogP contribution >= 0.6 is 0 Å². The fourth-order valence-corrected chi connectivity index (χ4v) is 5.18. The number of rotatable bonds is 8. The van der Waals surface area contributed by atoms with Crippen molar-refractivity contribution in [2.24, 2.45) is 0 Å². The molecule has 4 aromatic rings. The van der Waals surface area contributed by atoms with Crippen LogP contribution in [0.25, 0.3) is 16.9 Å². The molecule has 41 heavy (non-hydrogen) atoms. The number of hydrogen-bond donors (Lipinski definition) is 2. The second-order valence-corrected chi connectivity index (χ2v) is 11.0. The smallest absolute Gasteiger partial charge is 0.335 e. The highest BCUT2D eigenvalue weighted by molar-refractivity contribution is 5.98. The monoisotopic (exact) mass is 550 g/mol. The molecule has 1 saturated heterocycles. The van der Waals surface area contributed by atoms with Crippen molar-refractivity contribution in [2.45, 2.75) is 44.3 Å². The van der Waals surface area contributed by atoms with E-state index in [1.165, 1.54) is 10.9 Å². The van der Waals surface area contributed by atoms with Crippen LogP contribution in [0.15, 0.2) is 77.4 Å². The van der Waals surface area contributed by atoms with Crippen LogP contribution in [0.5, 0.6) is 11.5 Å². The van der Waals surface area contributed by atoms with E-state index in [9.17, 15) is 14.9 Å². The molecular weight excluding hydrogens is 520 g/mol. The SMILES string of the molecule is CC(C)(C=C(C#N)C(=O)N1CC(n2c(=O)n(-c3ccc(Oc4ccccc4)cc3)c3c(N)ncnc32)C1)NC1CC1. The van der Waals surface area contributed by atoms with E-state index in [1.807, 2.05) is 44.2 Å². The van der Waals surface area contributed by atoms with E-state index in [2.05, 4.69) is 21.4 Å². The van der Waals surface area contributed by atoms with Crippen LogP contribution in [-0.4, -0.2) is 54.6 Å². The summed E-state index contributed by atoms with van der Waals surface area (Å²) in [6, 6.07) is 18.7. The Hall–Kier alpha value is -4.95. The average Bonchev–Trinajstić information content (AvgIpc) is 3.69. The Labute approximate surface area is 236 Å². The molecule has 1 aliphatic carbocycles. The molecule has 0 bridgehead atoms. The third-order valence-corrected chi connectivity index (χ3v) is 7.28. The summed E-state index contributed by atoms with van der Waals surface area (Å²) >= 11 is 0. The van der Waals surface area contributed by atoms with Crippen LogP contribution in [0.3, 0.4) is 0 Å². The van der Waals surface area contributed by atoms with Crippen molar-refractivity contribution in [3.63, 3.8) is 0 Å². The standard InChI is InChI=1S/C30H30N8O3/c1-30(2,35-20-8-9-20)14-19(15-31)28(39)36-16-22(17-36)38-27-25(26(32)33-18-34-27)37(29(38)40)21-10-12-24(13-11-21)41-23-6-4-3-5-7-23/h3-7,10-14,18,20,22,35H,8-9,16-17H2,1-2H3,(H2,32,33,34). The van der Waals surface area contributed by atoms with Gasteiger partial charge < -0.3 is 20.7 Å². The summed E-state index contributed by atoms with van der Waals surface area (Å²) in [6.07, 6.45) is 5.21. The minimum absolute atomic E-state index is 0.0840. The van der Waals surface area contributed by atoms with Crippen molar-refractivity contribution in [3.05, 3.63) is 83.1 Å². The number of carbonyl (C=O) groups is 1. The van der Waals surface area contributed by atoms with Gasteiger partial charge >= 0.3 is 5.69 Å². The van der Waals surface area contributed by atoms with E-state index in [0.29, 0.717) is 34.4 Å². The van der Waals surface area contributed by atoms with Crippen molar-refractivity contribution >= 4 is 22.9 Å². The minimum atomic E-state index is -0.480. The molecule has 2 aromatic heterocycles. The van der Waals surface area contributed by atoms with Crippen molar-refractivity contribution in [3.8, 4) is 23.3 Å².